The standard InChI is InChI=1S/C12H16N2.ClH/c1-11-3-5-12(6-4-11)9-14-8-7-13(2)10-14;/h3-8H,9-10H2,1-2H3;1H. The van der Waals surface area contributed by atoms with Crippen LogP contribution in [0.5, 0.6) is 0 Å². The molecule has 0 saturated carbocycles. The Morgan fingerprint density at radius 2 is 1.80 bits per heavy atom. The zero-order valence-corrected chi connectivity index (χ0v) is 10.00. The summed E-state index contributed by atoms with van der Waals surface area (Å²) in [6.07, 6.45) is 4.24. The lowest BCUT2D eigenvalue weighted by Crippen LogP contribution is -2.21. The highest BCUT2D eigenvalue weighted by molar-refractivity contribution is 5.85. The number of nitrogens with zero attached hydrogens (tertiary/aromatic N) is 2. The Labute approximate surface area is 97.6 Å². The number of halogens is 1. The monoisotopic (exact) mass is 224 g/mol. The smallest absolute Gasteiger partial charge is 0.0894 e. The third-order valence-corrected chi connectivity index (χ3v) is 2.44. The van der Waals surface area contributed by atoms with Crippen molar-refractivity contribution in [1.29, 1.82) is 0 Å². The molecular weight excluding hydrogens is 208 g/mol. The quantitative estimate of drug-likeness (QED) is 0.762. The van der Waals surface area contributed by atoms with Crippen molar-refractivity contribution in [2.45, 2.75) is 13.5 Å². The molecule has 3 heteroatoms. The van der Waals surface area contributed by atoms with E-state index in [0.29, 0.717) is 0 Å². The van der Waals surface area contributed by atoms with Gasteiger partial charge in [-0.05, 0) is 12.5 Å². The van der Waals surface area contributed by atoms with Crippen molar-refractivity contribution in [3.05, 3.63) is 47.8 Å². The average molecular weight is 225 g/mol. The zero-order valence-electron chi connectivity index (χ0n) is 9.18. The van der Waals surface area contributed by atoms with Crippen molar-refractivity contribution in [3.63, 3.8) is 0 Å². The molecule has 0 radical (unpaired) electrons. The predicted octanol–water partition coefficient (Wildman–Crippen LogP) is 2.59. The van der Waals surface area contributed by atoms with Gasteiger partial charge in [-0.1, -0.05) is 29.8 Å². The normalized spacial score (nSPS) is 14.3. The predicted molar refractivity (Wildman–Crippen MR) is 65.7 cm³/mol. The molecule has 1 aromatic rings. The van der Waals surface area contributed by atoms with Crippen LogP contribution in [0.25, 0.3) is 0 Å². The van der Waals surface area contributed by atoms with E-state index in [4.69, 9.17) is 0 Å². The summed E-state index contributed by atoms with van der Waals surface area (Å²) >= 11 is 0. The lowest BCUT2D eigenvalue weighted by atomic mass is 10.1. The van der Waals surface area contributed by atoms with Gasteiger partial charge in [-0.3, -0.25) is 0 Å². The van der Waals surface area contributed by atoms with Crippen LogP contribution < -0.4 is 0 Å². The van der Waals surface area contributed by atoms with Gasteiger partial charge in [0.05, 0.1) is 6.67 Å². The van der Waals surface area contributed by atoms with Gasteiger partial charge in [0.15, 0.2) is 0 Å². The maximum atomic E-state index is 2.30. The first-order chi connectivity index (χ1) is 6.74. The van der Waals surface area contributed by atoms with E-state index in [0.717, 1.165) is 13.2 Å². The van der Waals surface area contributed by atoms with Gasteiger partial charge in [0.1, 0.15) is 0 Å². The van der Waals surface area contributed by atoms with Crippen molar-refractivity contribution in [3.8, 4) is 0 Å². The van der Waals surface area contributed by atoms with Crippen LogP contribution in [0.1, 0.15) is 11.1 Å². The molecule has 0 bridgehead atoms. The molecule has 1 heterocycles. The van der Waals surface area contributed by atoms with Gasteiger partial charge in [0.2, 0.25) is 0 Å². The summed E-state index contributed by atoms with van der Waals surface area (Å²) in [5, 5.41) is 0. The van der Waals surface area contributed by atoms with Crippen molar-refractivity contribution < 1.29 is 0 Å². The van der Waals surface area contributed by atoms with Gasteiger partial charge in [-0.25, -0.2) is 0 Å². The van der Waals surface area contributed by atoms with Gasteiger partial charge in [0.25, 0.3) is 0 Å². The fourth-order valence-electron chi connectivity index (χ4n) is 1.62. The molecule has 0 atom stereocenters. The Morgan fingerprint density at radius 1 is 1.13 bits per heavy atom. The topological polar surface area (TPSA) is 6.48 Å². The number of hydrogen-bond acceptors (Lipinski definition) is 2. The van der Waals surface area contributed by atoms with Crippen LogP contribution in [0.15, 0.2) is 36.7 Å². The summed E-state index contributed by atoms with van der Waals surface area (Å²) in [6.45, 7) is 4.11. The van der Waals surface area contributed by atoms with Crippen LogP contribution in [0.3, 0.4) is 0 Å². The van der Waals surface area contributed by atoms with Crippen molar-refractivity contribution in [2.75, 3.05) is 13.7 Å². The zero-order chi connectivity index (χ0) is 9.97. The fraction of sp³-hybridized carbons (Fsp3) is 0.333. The Hall–Kier alpha value is -1.15. The van der Waals surface area contributed by atoms with E-state index in [2.05, 4.69) is 60.4 Å². The summed E-state index contributed by atoms with van der Waals surface area (Å²) < 4.78 is 0. The van der Waals surface area contributed by atoms with Gasteiger partial charge < -0.3 is 9.80 Å². The van der Waals surface area contributed by atoms with Crippen LogP contribution in [-0.2, 0) is 6.54 Å². The van der Waals surface area contributed by atoms with E-state index in [9.17, 15) is 0 Å². The number of rotatable bonds is 2. The minimum Gasteiger partial charge on any atom is -0.362 e. The second-order valence-electron chi connectivity index (χ2n) is 3.93. The van der Waals surface area contributed by atoms with Crippen LogP contribution in [-0.4, -0.2) is 23.5 Å². The minimum absolute atomic E-state index is 0. The van der Waals surface area contributed by atoms with Crippen LogP contribution in [0.4, 0.5) is 0 Å². The Bertz CT molecular complexity index is 332. The highest BCUT2D eigenvalue weighted by Gasteiger charge is 2.07. The third kappa shape index (κ3) is 3.17. The van der Waals surface area contributed by atoms with E-state index in [-0.39, 0.29) is 12.4 Å². The number of benzene rings is 1. The summed E-state index contributed by atoms with van der Waals surface area (Å²) in [4.78, 5) is 4.47. The molecule has 2 rings (SSSR count). The molecule has 0 aliphatic carbocycles. The Balaban J connectivity index is 0.00000112. The first-order valence-corrected chi connectivity index (χ1v) is 4.92. The molecule has 1 aliphatic heterocycles. The lowest BCUT2D eigenvalue weighted by Gasteiger charge is -2.18. The van der Waals surface area contributed by atoms with E-state index in [1.54, 1.807) is 0 Å². The molecule has 1 aromatic carbocycles. The average Bonchev–Trinajstić information content (AvgIpc) is 2.56. The first-order valence-electron chi connectivity index (χ1n) is 4.92. The van der Waals surface area contributed by atoms with Crippen LogP contribution in [0.2, 0.25) is 0 Å². The maximum absolute atomic E-state index is 2.30. The highest BCUT2D eigenvalue weighted by Crippen LogP contribution is 2.11. The summed E-state index contributed by atoms with van der Waals surface area (Å²) in [6, 6.07) is 8.72. The van der Waals surface area contributed by atoms with Gasteiger partial charge >= 0.3 is 0 Å². The molecule has 82 valence electrons. The van der Waals surface area contributed by atoms with Crippen molar-refractivity contribution in [2.24, 2.45) is 0 Å². The Morgan fingerprint density at radius 3 is 2.33 bits per heavy atom. The molecule has 0 fully saturated rings. The minimum atomic E-state index is 0. The molecule has 0 amide bonds. The molecular formula is C12H17ClN2. The first kappa shape index (κ1) is 11.9. The molecule has 0 spiro atoms. The molecule has 0 saturated heterocycles. The number of hydrogen-bond donors (Lipinski definition) is 0. The van der Waals surface area contributed by atoms with Gasteiger partial charge in [-0.15, -0.1) is 12.4 Å². The maximum Gasteiger partial charge on any atom is 0.0894 e. The summed E-state index contributed by atoms with van der Waals surface area (Å²) in [7, 11) is 2.09. The third-order valence-electron chi connectivity index (χ3n) is 2.44. The van der Waals surface area contributed by atoms with E-state index < -0.39 is 0 Å². The Kier molecular flexibility index (Phi) is 4.04. The second-order valence-corrected chi connectivity index (χ2v) is 3.93. The second kappa shape index (κ2) is 5.08. The fourth-order valence-corrected chi connectivity index (χ4v) is 1.62. The van der Waals surface area contributed by atoms with Crippen molar-refractivity contribution >= 4 is 12.4 Å². The van der Waals surface area contributed by atoms with Crippen LogP contribution >= 0.6 is 12.4 Å². The molecule has 0 unspecified atom stereocenters. The molecule has 0 aromatic heterocycles. The highest BCUT2D eigenvalue weighted by atomic mass is 35.5. The molecule has 0 N–H and O–H groups in total. The van der Waals surface area contributed by atoms with Gasteiger partial charge in [-0.2, -0.15) is 0 Å². The van der Waals surface area contributed by atoms with E-state index in [1.807, 2.05) is 0 Å². The SMILES string of the molecule is Cc1ccc(CN2C=CN(C)C2)cc1.Cl. The number of aryl methyl sites for hydroxylation is 1. The lowest BCUT2D eigenvalue weighted by molar-refractivity contribution is 0.291. The molecule has 15 heavy (non-hydrogen) atoms. The summed E-state index contributed by atoms with van der Waals surface area (Å²) in [5.41, 5.74) is 2.69. The van der Waals surface area contributed by atoms with Crippen LogP contribution in [0, 0.1) is 6.92 Å². The van der Waals surface area contributed by atoms with E-state index in [1.165, 1.54) is 11.1 Å². The van der Waals surface area contributed by atoms with Crippen molar-refractivity contribution in [1.82, 2.24) is 9.80 Å². The van der Waals surface area contributed by atoms with Gasteiger partial charge in [0, 0.05) is 26.0 Å². The summed E-state index contributed by atoms with van der Waals surface area (Å²) in [5.74, 6) is 0. The van der Waals surface area contributed by atoms with E-state index >= 15 is 0 Å². The largest absolute Gasteiger partial charge is 0.362 e. The molecule has 2 nitrogen and oxygen atoms in total. The molecule has 1 aliphatic rings.